The van der Waals surface area contributed by atoms with Crippen LogP contribution in [-0.2, 0) is 20.8 Å². The van der Waals surface area contributed by atoms with Crippen LogP contribution in [0.5, 0.6) is 5.75 Å². The second-order valence-corrected chi connectivity index (χ2v) is 8.43. The second-order valence-electron chi connectivity index (χ2n) is 7.37. The Morgan fingerprint density at radius 1 is 1.13 bits per heavy atom. The maximum atomic E-state index is 12.9. The van der Waals surface area contributed by atoms with E-state index in [1.54, 1.807) is 42.5 Å². The summed E-state index contributed by atoms with van der Waals surface area (Å²) in [5.41, 5.74) is 1.36. The quantitative estimate of drug-likeness (QED) is 0.473. The molecule has 1 aliphatic heterocycles. The molecule has 9 heteroatoms. The molecule has 164 valence electrons. The number of rotatable bonds is 7. The van der Waals surface area contributed by atoms with E-state index in [0.717, 1.165) is 5.56 Å². The summed E-state index contributed by atoms with van der Waals surface area (Å²) in [6, 6.07) is 12.0. The standard InChI is InChI=1S/C22H23ClN2O5S/c23-14-7-5-13(6-8-14)11-19(31)21(28)24-12-20(27)25-16(9-10-17(25)22(29)30)15-3-1-2-4-18(15)26/h1-8,16-17,19,26,31H,9-12H2,(H,24,28)(H,29,30)/t16-,17+,19+/m1/s1. The number of carbonyl (C=O) groups excluding carboxylic acids is 2. The maximum Gasteiger partial charge on any atom is 0.326 e. The SMILES string of the molecule is O=C(NCC(=O)N1[C@@H](c2ccccc2O)CC[C@H]1C(=O)O)[C@@H](S)Cc1ccc(Cl)cc1. The number of carboxylic acids is 1. The summed E-state index contributed by atoms with van der Waals surface area (Å²) >= 11 is 10.2. The number of hydrogen-bond acceptors (Lipinski definition) is 5. The third kappa shape index (κ3) is 5.51. The monoisotopic (exact) mass is 462 g/mol. The van der Waals surface area contributed by atoms with Crippen molar-refractivity contribution in [3.63, 3.8) is 0 Å². The van der Waals surface area contributed by atoms with Gasteiger partial charge in [-0.25, -0.2) is 4.79 Å². The van der Waals surface area contributed by atoms with Crippen molar-refractivity contribution in [3.8, 4) is 5.75 Å². The minimum Gasteiger partial charge on any atom is -0.508 e. The number of carbonyl (C=O) groups is 3. The van der Waals surface area contributed by atoms with E-state index in [-0.39, 0.29) is 18.7 Å². The third-order valence-electron chi connectivity index (χ3n) is 5.31. The Balaban J connectivity index is 1.66. The predicted molar refractivity (Wildman–Crippen MR) is 119 cm³/mol. The van der Waals surface area contributed by atoms with Gasteiger partial charge in [-0.3, -0.25) is 9.59 Å². The highest BCUT2D eigenvalue weighted by Gasteiger charge is 2.42. The zero-order chi connectivity index (χ0) is 22.5. The molecule has 2 amide bonds. The van der Waals surface area contributed by atoms with Crippen molar-refractivity contribution >= 4 is 42.0 Å². The molecule has 7 nitrogen and oxygen atoms in total. The van der Waals surface area contributed by atoms with Gasteiger partial charge in [0.1, 0.15) is 11.8 Å². The number of hydrogen-bond donors (Lipinski definition) is 4. The molecular formula is C22H23ClN2O5S. The van der Waals surface area contributed by atoms with Gasteiger partial charge in [-0.1, -0.05) is 41.9 Å². The van der Waals surface area contributed by atoms with Gasteiger partial charge >= 0.3 is 5.97 Å². The number of aliphatic carboxylic acids is 1. The minimum absolute atomic E-state index is 0.00115. The summed E-state index contributed by atoms with van der Waals surface area (Å²) in [4.78, 5) is 38.2. The van der Waals surface area contributed by atoms with E-state index in [2.05, 4.69) is 17.9 Å². The molecule has 0 radical (unpaired) electrons. The van der Waals surface area contributed by atoms with Crippen LogP contribution in [0.2, 0.25) is 5.02 Å². The number of nitrogens with one attached hydrogen (secondary N) is 1. The molecule has 0 unspecified atom stereocenters. The maximum absolute atomic E-state index is 12.9. The number of carboxylic acid groups (broad SMARTS) is 1. The molecule has 0 aromatic heterocycles. The first kappa shape index (κ1) is 23.0. The number of aromatic hydroxyl groups is 1. The van der Waals surface area contributed by atoms with E-state index in [9.17, 15) is 24.6 Å². The van der Waals surface area contributed by atoms with E-state index >= 15 is 0 Å². The van der Waals surface area contributed by atoms with Crippen LogP contribution >= 0.6 is 24.2 Å². The Morgan fingerprint density at radius 3 is 2.45 bits per heavy atom. The van der Waals surface area contributed by atoms with Crippen LogP contribution in [0.25, 0.3) is 0 Å². The highest BCUT2D eigenvalue weighted by molar-refractivity contribution is 7.81. The first-order valence-corrected chi connectivity index (χ1v) is 10.7. The van der Waals surface area contributed by atoms with Gasteiger partial charge in [0.15, 0.2) is 0 Å². The van der Waals surface area contributed by atoms with Gasteiger partial charge in [0.25, 0.3) is 0 Å². The number of thiol groups is 1. The van der Waals surface area contributed by atoms with Crippen molar-refractivity contribution < 1.29 is 24.6 Å². The minimum atomic E-state index is -1.12. The van der Waals surface area contributed by atoms with Crippen molar-refractivity contribution in [3.05, 3.63) is 64.7 Å². The summed E-state index contributed by atoms with van der Waals surface area (Å²) in [6.07, 6.45) is 1.02. The molecular weight excluding hydrogens is 440 g/mol. The van der Waals surface area contributed by atoms with Crippen LogP contribution in [0.1, 0.15) is 30.0 Å². The van der Waals surface area contributed by atoms with Crippen LogP contribution < -0.4 is 5.32 Å². The molecule has 2 aromatic carbocycles. The molecule has 0 bridgehead atoms. The summed E-state index contributed by atoms with van der Waals surface area (Å²) in [5, 5.41) is 22.2. The van der Waals surface area contributed by atoms with E-state index in [4.69, 9.17) is 11.6 Å². The lowest BCUT2D eigenvalue weighted by Crippen LogP contribution is -2.47. The molecule has 1 fully saturated rings. The molecule has 1 saturated heterocycles. The van der Waals surface area contributed by atoms with Crippen molar-refractivity contribution in [1.82, 2.24) is 10.2 Å². The van der Waals surface area contributed by atoms with Crippen molar-refractivity contribution in [2.45, 2.75) is 36.6 Å². The van der Waals surface area contributed by atoms with Crippen LogP contribution in [0.3, 0.4) is 0 Å². The molecule has 2 aromatic rings. The highest BCUT2D eigenvalue weighted by Crippen LogP contribution is 2.39. The lowest BCUT2D eigenvalue weighted by Gasteiger charge is -2.29. The van der Waals surface area contributed by atoms with Crippen LogP contribution in [0.4, 0.5) is 0 Å². The number of phenols is 1. The van der Waals surface area contributed by atoms with Gasteiger partial charge < -0.3 is 20.4 Å². The van der Waals surface area contributed by atoms with Gasteiger partial charge in [-0.2, -0.15) is 12.6 Å². The second kappa shape index (κ2) is 10.1. The number of phenolic OH excluding ortho intramolecular Hbond substituents is 1. The summed E-state index contributed by atoms with van der Waals surface area (Å²) in [6.45, 7) is -0.357. The fourth-order valence-corrected chi connectivity index (χ4v) is 4.21. The summed E-state index contributed by atoms with van der Waals surface area (Å²) < 4.78 is 0. The van der Waals surface area contributed by atoms with E-state index in [1.807, 2.05) is 0 Å². The Bertz CT molecular complexity index is 969. The summed E-state index contributed by atoms with van der Waals surface area (Å²) in [5.74, 6) is -2.08. The van der Waals surface area contributed by atoms with E-state index < -0.39 is 35.1 Å². The fourth-order valence-electron chi connectivity index (χ4n) is 3.78. The number of benzene rings is 2. The fraction of sp³-hybridized carbons (Fsp3) is 0.318. The Hall–Kier alpha value is -2.71. The largest absolute Gasteiger partial charge is 0.508 e. The van der Waals surface area contributed by atoms with Crippen molar-refractivity contribution in [2.24, 2.45) is 0 Å². The van der Waals surface area contributed by atoms with E-state index in [1.165, 1.54) is 11.0 Å². The average Bonchev–Trinajstić information content (AvgIpc) is 3.19. The highest BCUT2D eigenvalue weighted by atomic mass is 35.5. The number of likely N-dealkylation sites (tertiary alicyclic amines) is 1. The third-order valence-corrected chi connectivity index (χ3v) is 5.98. The van der Waals surface area contributed by atoms with Crippen molar-refractivity contribution in [2.75, 3.05) is 6.54 Å². The zero-order valence-corrected chi connectivity index (χ0v) is 18.2. The molecule has 0 saturated carbocycles. The van der Waals surface area contributed by atoms with Crippen LogP contribution in [-0.4, -0.2) is 50.7 Å². The normalized spacial score (nSPS) is 19.1. The topological polar surface area (TPSA) is 107 Å². The Kier molecular flexibility index (Phi) is 7.46. The molecule has 31 heavy (non-hydrogen) atoms. The van der Waals surface area contributed by atoms with Crippen LogP contribution in [0.15, 0.2) is 48.5 Å². The van der Waals surface area contributed by atoms with Crippen molar-refractivity contribution in [1.29, 1.82) is 0 Å². The smallest absolute Gasteiger partial charge is 0.326 e. The molecule has 3 N–H and O–H groups in total. The van der Waals surface area contributed by atoms with Gasteiger partial charge in [0.05, 0.1) is 17.8 Å². The molecule has 3 atom stereocenters. The molecule has 0 spiro atoms. The lowest BCUT2D eigenvalue weighted by atomic mass is 10.0. The first-order valence-electron chi connectivity index (χ1n) is 9.80. The Morgan fingerprint density at radius 2 is 1.81 bits per heavy atom. The van der Waals surface area contributed by atoms with Gasteiger partial charge in [-0.05, 0) is 43.0 Å². The Labute approximate surface area is 190 Å². The summed E-state index contributed by atoms with van der Waals surface area (Å²) in [7, 11) is 0. The molecule has 0 aliphatic carbocycles. The first-order chi connectivity index (χ1) is 14.8. The number of halogens is 1. The van der Waals surface area contributed by atoms with Crippen LogP contribution in [0, 0.1) is 0 Å². The zero-order valence-electron chi connectivity index (χ0n) is 16.6. The number of para-hydroxylation sites is 1. The molecule has 3 rings (SSSR count). The molecule has 1 aliphatic rings. The molecule has 1 heterocycles. The predicted octanol–water partition coefficient (Wildman–Crippen LogP) is 2.82. The lowest BCUT2D eigenvalue weighted by molar-refractivity contribution is -0.149. The van der Waals surface area contributed by atoms with E-state index in [0.29, 0.717) is 23.4 Å². The average molecular weight is 463 g/mol. The van der Waals surface area contributed by atoms with Gasteiger partial charge in [0.2, 0.25) is 11.8 Å². The van der Waals surface area contributed by atoms with Gasteiger partial charge in [0, 0.05) is 10.6 Å². The van der Waals surface area contributed by atoms with Gasteiger partial charge in [-0.15, -0.1) is 0 Å². The number of nitrogens with zero attached hydrogens (tertiary/aromatic N) is 1. The number of amides is 2.